The fourth-order valence-corrected chi connectivity index (χ4v) is 3.54. The highest BCUT2D eigenvalue weighted by molar-refractivity contribution is 5.80. The van der Waals surface area contributed by atoms with Gasteiger partial charge in [-0.15, -0.1) is 0 Å². The van der Waals surface area contributed by atoms with Crippen LogP contribution in [0.1, 0.15) is 66.3 Å². The maximum absolute atomic E-state index is 12.9. The molecule has 1 amide bonds. The SMILES string of the molecule is Cc1nn(C)c(C)c1CC(=O)N1CCCC1c1noc(C2CC2)n1. The van der Waals surface area contributed by atoms with Crippen LogP contribution in [0.25, 0.3) is 0 Å². The van der Waals surface area contributed by atoms with Gasteiger partial charge in [0.1, 0.15) is 0 Å². The fraction of sp³-hybridized carbons (Fsp3) is 0.647. The van der Waals surface area contributed by atoms with Crippen molar-refractivity contribution in [1.29, 1.82) is 0 Å². The first kappa shape index (κ1) is 15.4. The van der Waals surface area contributed by atoms with Gasteiger partial charge in [0.05, 0.1) is 18.2 Å². The number of amides is 1. The fourth-order valence-electron chi connectivity index (χ4n) is 3.54. The summed E-state index contributed by atoms with van der Waals surface area (Å²) in [5.41, 5.74) is 3.00. The molecule has 1 saturated carbocycles. The lowest BCUT2D eigenvalue weighted by Gasteiger charge is -2.22. The van der Waals surface area contributed by atoms with E-state index in [0.717, 1.165) is 55.1 Å². The van der Waals surface area contributed by atoms with Crippen molar-refractivity contribution in [1.82, 2.24) is 24.8 Å². The lowest BCUT2D eigenvalue weighted by atomic mass is 10.1. The van der Waals surface area contributed by atoms with Gasteiger partial charge >= 0.3 is 0 Å². The van der Waals surface area contributed by atoms with Crippen LogP contribution in [0.5, 0.6) is 0 Å². The summed E-state index contributed by atoms with van der Waals surface area (Å²) < 4.78 is 7.21. The average Bonchev–Trinajstić information content (AvgIpc) is 3.01. The molecule has 7 nitrogen and oxygen atoms in total. The molecule has 0 N–H and O–H groups in total. The minimum absolute atomic E-state index is 0.0500. The molecule has 3 heterocycles. The molecule has 1 unspecified atom stereocenters. The predicted octanol–water partition coefficient (Wildman–Crippen LogP) is 2.20. The summed E-state index contributed by atoms with van der Waals surface area (Å²) in [5, 5.41) is 8.55. The zero-order valence-electron chi connectivity index (χ0n) is 14.4. The van der Waals surface area contributed by atoms with Crippen molar-refractivity contribution in [3.63, 3.8) is 0 Å². The number of hydrogen-bond donors (Lipinski definition) is 0. The largest absolute Gasteiger partial charge is 0.339 e. The van der Waals surface area contributed by atoms with E-state index in [4.69, 9.17) is 4.52 Å². The third-order valence-corrected chi connectivity index (χ3v) is 5.24. The second-order valence-electron chi connectivity index (χ2n) is 6.96. The summed E-state index contributed by atoms with van der Waals surface area (Å²) in [6, 6.07) is -0.0500. The Kier molecular flexibility index (Phi) is 3.66. The Balaban J connectivity index is 1.52. The highest BCUT2D eigenvalue weighted by Crippen LogP contribution is 2.40. The van der Waals surface area contributed by atoms with E-state index in [2.05, 4.69) is 15.2 Å². The van der Waals surface area contributed by atoms with E-state index in [1.165, 1.54) is 0 Å². The molecular formula is C17H23N5O2. The Bertz CT molecular complexity index is 774. The lowest BCUT2D eigenvalue weighted by Crippen LogP contribution is -2.32. The first-order valence-electron chi connectivity index (χ1n) is 8.66. The molecule has 1 atom stereocenters. The van der Waals surface area contributed by atoms with Gasteiger partial charge in [0.15, 0.2) is 5.82 Å². The van der Waals surface area contributed by atoms with E-state index >= 15 is 0 Å². The molecule has 24 heavy (non-hydrogen) atoms. The molecule has 7 heteroatoms. The van der Waals surface area contributed by atoms with E-state index in [1.807, 2.05) is 30.5 Å². The zero-order valence-corrected chi connectivity index (χ0v) is 14.4. The van der Waals surface area contributed by atoms with Crippen LogP contribution in [0.2, 0.25) is 0 Å². The second kappa shape index (κ2) is 5.72. The molecule has 4 rings (SSSR count). The molecule has 0 aromatic carbocycles. The van der Waals surface area contributed by atoms with E-state index in [0.29, 0.717) is 18.2 Å². The maximum atomic E-state index is 12.9. The highest BCUT2D eigenvalue weighted by atomic mass is 16.5. The number of rotatable bonds is 4. The van der Waals surface area contributed by atoms with Crippen molar-refractivity contribution in [2.45, 2.75) is 57.9 Å². The summed E-state index contributed by atoms with van der Waals surface area (Å²) in [5.74, 6) is 1.97. The van der Waals surface area contributed by atoms with Gasteiger partial charge in [-0.2, -0.15) is 10.1 Å². The smallest absolute Gasteiger partial charge is 0.229 e. The zero-order chi connectivity index (χ0) is 16.8. The molecule has 128 valence electrons. The Morgan fingerprint density at radius 1 is 1.29 bits per heavy atom. The van der Waals surface area contributed by atoms with Gasteiger partial charge in [-0.05, 0) is 39.5 Å². The van der Waals surface area contributed by atoms with Crippen LogP contribution in [0, 0.1) is 13.8 Å². The van der Waals surface area contributed by atoms with Crippen LogP contribution in [-0.4, -0.2) is 37.3 Å². The topological polar surface area (TPSA) is 77.0 Å². The van der Waals surface area contributed by atoms with Crippen LogP contribution in [0.4, 0.5) is 0 Å². The van der Waals surface area contributed by atoms with Gasteiger partial charge in [-0.25, -0.2) is 0 Å². The predicted molar refractivity (Wildman–Crippen MR) is 86.3 cm³/mol. The second-order valence-corrected chi connectivity index (χ2v) is 6.96. The Morgan fingerprint density at radius 2 is 2.08 bits per heavy atom. The van der Waals surface area contributed by atoms with Crippen molar-refractivity contribution < 1.29 is 9.32 Å². The summed E-state index contributed by atoms with van der Waals surface area (Å²) in [6.45, 7) is 4.72. The first-order valence-corrected chi connectivity index (χ1v) is 8.66. The van der Waals surface area contributed by atoms with E-state index < -0.39 is 0 Å². The van der Waals surface area contributed by atoms with Crippen molar-refractivity contribution in [3.8, 4) is 0 Å². The molecular weight excluding hydrogens is 306 g/mol. The monoisotopic (exact) mass is 329 g/mol. The third-order valence-electron chi connectivity index (χ3n) is 5.24. The minimum atomic E-state index is -0.0500. The molecule has 0 bridgehead atoms. The molecule has 2 fully saturated rings. The lowest BCUT2D eigenvalue weighted by molar-refractivity contribution is -0.131. The number of aryl methyl sites for hydroxylation is 2. The Hall–Kier alpha value is -2.18. The molecule has 1 aliphatic heterocycles. The molecule has 1 aliphatic carbocycles. The number of carbonyl (C=O) groups excluding carboxylic acids is 1. The van der Waals surface area contributed by atoms with Crippen molar-refractivity contribution in [2.24, 2.45) is 7.05 Å². The standard InChI is InChI=1S/C17H23N5O2/c1-10-13(11(2)21(3)19-10)9-15(23)22-8-4-5-14(22)16-18-17(24-20-16)12-6-7-12/h12,14H,4-9H2,1-3H3. The Labute approximate surface area is 141 Å². The Morgan fingerprint density at radius 3 is 2.75 bits per heavy atom. The molecule has 0 spiro atoms. The van der Waals surface area contributed by atoms with Crippen LogP contribution in [0.3, 0.4) is 0 Å². The third kappa shape index (κ3) is 2.61. The maximum Gasteiger partial charge on any atom is 0.229 e. The van der Waals surface area contributed by atoms with E-state index in [1.54, 1.807) is 0 Å². The van der Waals surface area contributed by atoms with E-state index in [9.17, 15) is 4.79 Å². The van der Waals surface area contributed by atoms with Gasteiger partial charge in [-0.3, -0.25) is 9.48 Å². The summed E-state index contributed by atoms with van der Waals surface area (Å²) in [6.07, 6.45) is 4.54. The number of hydrogen-bond acceptors (Lipinski definition) is 5. The molecule has 2 aromatic heterocycles. The van der Waals surface area contributed by atoms with Crippen LogP contribution in [0.15, 0.2) is 4.52 Å². The van der Waals surface area contributed by atoms with Crippen molar-refractivity contribution in [2.75, 3.05) is 6.54 Å². The molecule has 1 saturated heterocycles. The summed E-state index contributed by atoms with van der Waals surface area (Å²) in [7, 11) is 1.91. The first-order chi connectivity index (χ1) is 11.5. The van der Waals surface area contributed by atoms with Crippen molar-refractivity contribution in [3.05, 3.63) is 28.7 Å². The van der Waals surface area contributed by atoms with Crippen LogP contribution < -0.4 is 0 Å². The summed E-state index contributed by atoms with van der Waals surface area (Å²) in [4.78, 5) is 19.3. The number of carbonyl (C=O) groups is 1. The highest BCUT2D eigenvalue weighted by Gasteiger charge is 2.36. The van der Waals surface area contributed by atoms with Gasteiger partial charge in [-0.1, -0.05) is 5.16 Å². The van der Waals surface area contributed by atoms with Gasteiger partial charge < -0.3 is 9.42 Å². The summed E-state index contributed by atoms with van der Waals surface area (Å²) >= 11 is 0. The molecule has 2 aliphatic rings. The van der Waals surface area contributed by atoms with Gasteiger partial charge in [0.2, 0.25) is 11.8 Å². The van der Waals surface area contributed by atoms with Gasteiger partial charge in [0, 0.05) is 30.8 Å². The van der Waals surface area contributed by atoms with Crippen LogP contribution >= 0.6 is 0 Å². The number of aromatic nitrogens is 4. The minimum Gasteiger partial charge on any atom is -0.339 e. The molecule has 0 radical (unpaired) electrons. The normalized spacial score (nSPS) is 20.8. The average molecular weight is 329 g/mol. The number of likely N-dealkylation sites (tertiary alicyclic amines) is 1. The number of nitrogens with zero attached hydrogens (tertiary/aromatic N) is 5. The van der Waals surface area contributed by atoms with E-state index in [-0.39, 0.29) is 11.9 Å². The van der Waals surface area contributed by atoms with Crippen molar-refractivity contribution >= 4 is 5.91 Å². The quantitative estimate of drug-likeness (QED) is 0.859. The van der Waals surface area contributed by atoms with Gasteiger partial charge in [0.25, 0.3) is 0 Å². The molecule has 2 aromatic rings. The van der Waals surface area contributed by atoms with Crippen LogP contribution in [-0.2, 0) is 18.3 Å².